The Hall–Kier alpha value is -4.02. The lowest BCUT2D eigenvalue weighted by Gasteiger charge is -2.41. The zero-order valence-corrected chi connectivity index (χ0v) is 36.6. The van der Waals surface area contributed by atoms with E-state index in [-0.39, 0.29) is 23.1 Å². The van der Waals surface area contributed by atoms with Crippen LogP contribution in [0.15, 0.2) is 84.9 Å². The molecule has 0 saturated heterocycles. The minimum Gasteiger partial charge on any atom is -0.497 e. The summed E-state index contributed by atoms with van der Waals surface area (Å²) >= 11 is 0. The highest BCUT2D eigenvalue weighted by Crippen LogP contribution is 2.39. The summed E-state index contributed by atoms with van der Waals surface area (Å²) in [5.41, 5.74) is 5.17. The number of ether oxygens (including phenoxy) is 4. The van der Waals surface area contributed by atoms with Gasteiger partial charge >= 0.3 is 11.9 Å². The number of hydrogen-bond donors (Lipinski definition) is 0. The fourth-order valence-corrected chi connectivity index (χ4v) is 9.62. The van der Waals surface area contributed by atoms with Gasteiger partial charge in [-0.2, -0.15) is 0 Å². The van der Waals surface area contributed by atoms with Crippen LogP contribution in [0.3, 0.4) is 0 Å². The fraction of sp³-hybridized carbons (Fsp3) is 0.489. The molecule has 10 heteroatoms. The lowest BCUT2D eigenvalue weighted by molar-refractivity contribution is -0.147. The predicted octanol–water partition coefficient (Wildman–Crippen LogP) is 10.1. The first-order valence-electron chi connectivity index (χ1n) is 19.5. The van der Waals surface area contributed by atoms with Crippen molar-refractivity contribution in [2.75, 3.05) is 13.7 Å². The van der Waals surface area contributed by atoms with Crippen molar-refractivity contribution in [3.05, 3.63) is 102 Å². The molecular weight excluding hydrogens is 725 g/mol. The maximum absolute atomic E-state index is 15.1. The Kier molecular flexibility index (Phi) is 17.6. The zero-order valence-electron chi connectivity index (χ0n) is 34.6. The molecule has 8 nitrogen and oxygen atoms in total. The second-order valence-electron chi connectivity index (χ2n) is 15.8. The van der Waals surface area contributed by atoms with Gasteiger partial charge in [0.05, 0.1) is 30.9 Å². The maximum Gasteiger partial charge on any atom is 0.338 e. The molecule has 0 spiro atoms. The predicted molar refractivity (Wildman–Crippen MR) is 224 cm³/mol. The third-order valence-electron chi connectivity index (χ3n) is 10.9. The second-order valence-corrected chi connectivity index (χ2v) is 25.5. The van der Waals surface area contributed by atoms with Crippen LogP contribution in [0.1, 0.15) is 87.6 Å². The minimum atomic E-state index is -2.67. The van der Waals surface area contributed by atoms with Crippen LogP contribution in [0, 0.1) is 17.4 Å². The number of Topliss-reactive ketones (excluding diaryl/α,β-unsaturated/α-hetero) is 1. The average molecular weight is 787 g/mol. The van der Waals surface area contributed by atoms with Gasteiger partial charge in [0.2, 0.25) is 5.78 Å². The highest BCUT2D eigenvalue weighted by Gasteiger charge is 2.46. The topological polar surface area (TPSA) is 97.4 Å². The summed E-state index contributed by atoms with van der Waals surface area (Å²) in [6.07, 6.45) is -2.26. The molecule has 0 aliphatic carbocycles. The molecule has 0 heterocycles. The molecule has 0 aliphatic rings. The summed E-state index contributed by atoms with van der Waals surface area (Å²) < 4.78 is 30.7. The second kappa shape index (κ2) is 21.3. The van der Waals surface area contributed by atoms with Gasteiger partial charge in [-0.15, -0.1) is 11.5 Å². The minimum absolute atomic E-state index is 0.0465. The van der Waals surface area contributed by atoms with Gasteiger partial charge < -0.3 is 23.4 Å². The van der Waals surface area contributed by atoms with E-state index >= 15 is 4.79 Å². The molecule has 0 N–H and O–H groups in total. The zero-order chi connectivity index (χ0) is 40.6. The van der Waals surface area contributed by atoms with Crippen LogP contribution >= 0.6 is 0 Å². The standard InChI is InChI=1S/C45H62O8Si2/c1-11-55(12-2,13-3)30-20-21-34(4)31-39(50-32-35-26-28-38(49-8)29-27-35)42(53-54(9,10)45(5,6)7)41(46)40(52-44(48)37-24-18-15-19-25-37)33-51-43(47)36-22-16-14-17-23-36/h14-19,22-29,34,39-40,42H,11-13,21,31-33H2,1-10H3/t34-,39-,40+,42-/m0/s1. The molecule has 0 aliphatic heterocycles. The highest BCUT2D eigenvalue weighted by molar-refractivity contribution is 6.87. The number of ketones is 1. The van der Waals surface area contributed by atoms with Crippen molar-refractivity contribution >= 4 is 34.1 Å². The SMILES string of the molecule is CC[Si](C#CC[C@H](C)C[C@H](OCc1ccc(OC)cc1)[C@H](O[Si](C)(C)C(C)(C)C)C(=O)[C@@H](COC(=O)c1ccccc1)OC(=O)c1ccccc1)(CC)CC. The molecule has 0 bridgehead atoms. The molecule has 3 aromatic carbocycles. The van der Waals surface area contributed by atoms with Gasteiger partial charge in [0.25, 0.3) is 0 Å². The van der Waals surface area contributed by atoms with Crippen molar-refractivity contribution in [1.82, 2.24) is 0 Å². The molecule has 0 fully saturated rings. The van der Waals surface area contributed by atoms with Gasteiger partial charge in [0.15, 0.2) is 14.4 Å². The molecule has 0 radical (unpaired) electrons. The van der Waals surface area contributed by atoms with Gasteiger partial charge in [0.1, 0.15) is 26.5 Å². The van der Waals surface area contributed by atoms with E-state index in [1.54, 1.807) is 67.8 Å². The molecule has 55 heavy (non-hydrogen) atoms. The molecule has 3 aromatic rings. The number of benzene rings is 3. The van der Waals surface area contributed by atoms with Gasteiger partial charge in [-0.3, -0.25) is 4.79 Å². The molecule has 3 rings (SSSR count). The van der Waals surface area contributed by atoms with E-state index in [1.165, 1.54) is 0 Å². The number of rotatable bonds is 20. The van der Waals surface area contributed by atoms with Crippen molar-refractivity contribution in [1.29, 1.82) is 0 Å². The van der Waals surface area contributed by atoms with E-state index < -0.39 is 59.0 Å². The Bertz CT molecular complexity index is 1700. The average Bonchev–Trinajstić information content (AvgIpc) is 3.19. The molecule has 0 saturated carbocycles. The molecule has 0 aromatic heterocycles. The Morgan fingerprint density at radius 3 is 1.84 bits per heavy atom. The molecule has 0 amide bonds. The summed E-state index contributed by atoms with van der Waals surface area (Å²) in [6.45, 7) is 19.0. The number of carbonyl (C=O) groups is 3. The summed E-state index contributed by atoms with van der Waals surface area (Å²) in [6, 6.07) is 27.9. The Morgan fingerprint density at radius 2 is 1.33 bits per heavy atom. The van der Waals surface area contributed by atoms with E-state index in [2.05, 4.69) is 73.0 Å². The smallest absolute Gasteiger partial charge is 0.338 e. The Labute approximate surface area is 331 Å². The van der Waals surface area contributed by atoms with Gasteiger partial charge in [-0.1, -0.05) is 97.0 Å². The van der Waals surface area contributed by atoms with Gasteiger partial charge in [-0.25, -0.2) is 9.59 Å². The summed E-state index contributed by atoms with van der Waals surface area (Å²) in [7, 11) is -2.70. The van der Waals surface area contributed by atoms with E-state index in [9.17, 15) is 9.59 Å². The van der Waals surface area contributed by atoms with E-state index in [0.717, 1.165) is 29.4 Å². The van der Waals surface area contributed by atoms with Crippen LogP contribution in [0.25, 0.3) is 0 Å². The lowest BCUT2D eigenvalue weighted by Crippen LogP contribution is -2.54. The van der Waals surface area contributed by atoms with Crippen LogP contribution < -0.4 is 4.74 Å². The molecule has 0 unspecified atom stereocenters. The third kappa shape index (κ3) is 13.6. The molecular formula is C45H62O8Si2. The summed E-state index contributed by atoms with van der Waals surface area (Å²) in [4.78, 5) is 41.7. The van der Waals surface area contributed by atoms with Crippen LogP contribution in [-0.2, 0) is 30.0 Å². The van der Waals surface area contributed by atoms with E-state index in [4.69, 9.17) is 23.4 Å². The van der Waals surface area contributed by atoms with Crippen LogP contribution in [0.4, 0.5) is 0 Å². The molecule has 298 valence electrons. The monoisotopic (exact) mass is 786 g/mol. The van der Waals surface area contributed by atoms with Crippen LogP contribution in [0.5, 0.6) is 5.75 Å². The van der Waals surface area contributed by atoms with Gasteiger partial charge in [-0.05, 0) is 90.6 Å². The lowest BCUT2D eigenvalue weighted by atomic mass is 9.94. The number of hydrogen-bond acceptors (Lipinski definition) is 8. The van der Waals surface area contributed by atoms with E-state index in [0.29, 0.717) is 18.4 Å². The summed E-state index contributed by atoms with van der Waals surface area (Å²) in [5, 5.41) is -0.270. The first-order valence-corrected chi connectivity index (χ1v) is 25.1. The van der Waals surface area contributed by atoms with Crippen molar-refractivity contribution in [2.45, 2.75) is 122 Å². The van der Waals surface area contributed by atoms with Crippen LogP contribution in [0.2, 0.25) is 36.3 Å². The Balaban J connectivity index is 2.08. The third-order valence-corrected chi connectivity index (χ3v) is 20.1. The Morgan fingerprint density at radius 1 is 0.782 bits per heavy atom. The van der Waals surface area contributed by atoms with E-state index in [1.807, 2.05) is 24.3 Å². The number of carbonyl (C=O) groups excluding carboxylic acids is 3. The maximum atomic E-state index is 15.1. The fourth-order valence-electron chi connectivity index (χ4n) is 5.86. The quantitative estimate of drug-likeness (QED) is 0.0635. The van der Waals surface area contributed by atoms with Crippen molar-refractivity contribution in [2.24, 2.45) is 5.92 Å². The van der Waals surface area contributed by atoms with Gasteiger partial charge in [0, 0.05) is 6.42 Å². The first kappa shape index (κ1) is 45.4. The normalized spacial score (nSPS) is 14.1. The first-order chi connectivity index (χ1) is 26.1. The number of methoxy groups -OCH3 is 1. The van der Waals surface area contributed by atoms with Crippen molar-refractivity contribution in [3.63, 3.8) is 0 Å². The number of esters is 2. The highest BCUT2D eigenvalue weighted by atomic mass is 28.4. The van der Waals surface area contributed by atoms with Crippen molar-refractivity contribution < 1.29 is 37.8 Å². The van der Waals surface area contributed by atoms with Crippen LogP contribution in [-0.4, -0.2) is 66.1 Å². The summed E-state index contributed by atoms with van der Waals surface area (Å²) in [5.74, 6) is 2.42. The molecule has 4 atom stereocenters. The van der Waals surface area contributed by atoms with Crippen molar-refractivity contribution in [3.8, 4) is 17.2 Å². The largest absolute Gasteiger partial charge is 0.497 e.